The van der Waals surface area contributed by atoms with Crippen LogP contribution < -0.4 is 10.5 Å². The number of aromatic nitrogens is 2. The molecule has 1 unspecified atom stereocenters. The van der Waals surface area contributed by atoms with Gasteiger partial charge in [0.05, 0.1) is 25.0 Å². The molecule has 120 valence electrons. The Bertz CT molecular complexity index is 449. The summed E-state index contributed by atoms with van der Waals surface area (Å²) in [6.07, 6.45) is 8.93. The first kappa shape index (κ1) is 16.3. The Balaban J connectivity index is 2.40. The van der Waals surface area contributed by atoms with E-state index in [9.17, 15) is 0 Å². The van der Waals surface area contributed by atoms with E-state index in [1.807, 2.05) is 4.68 Å². The van der Waals surface area contributed by atoms with Crippen molar-refractivity contribution in [2.45, 2.75) is 63.6 Å². The summed E-state index contributed by atoms with van der Waals surface area (Å²) in [5.41, 5.74) is 7.84. The van der Waals surface area contributed by atoms with Crippen LogP contribution in [0.15, 0.2) is 6.20 Å². The van der Waals surface area contributed by atoms with Gasteiger partial charge < -0.3 is 15.4 Å². The third kappa shape index (κ3) is 2.94. The Hall–Kier alpha value is -1.07. The van der Waals surface area contributed by atoms with E-state index in [4.69, 9.17) is 10.5 Å². The highest BCUT2D eigenvalue weighted by molar-refractivity contribution is 5.31. The van der Waals surface area contributed by atoms with Gasteiger partial charge in [-0.15, -0.1) is 0 Å². The van der Waals surface area contributed by atoms with Gasteiger partial charge in [0, 0.05) is 12.1 Å². The smallest absolute Gasteiger partial charge is 0.161 e. The fourth-order valence-corrected chi connectivity index (χ4v) is 3.69. The van der Waals surface area contributed by atoms with Crippen molar-refractivity contribution >= 4 is 0 Å². The van der Waals surface area contributed by atoms with Crippen molar-refractivity contribution in [2.24, 2.45) is 5.73 Å². The summed E-state index contributed by atoms with van der Waals surface area (Å²) in [6, 6.07) is -0.0724. The lowest BCUT2D eigenvalue weighted by molar-refractivity contribution is 0.0672. The molecule has 1 aliphatic rings. The second-order valence-corrected chi connectivity index (χ2v) is 6.36. The molecule has 1 aromatic rings. The number of likely N-dealkylation sites (N-methyl/N-ethyl adjacent to an activating group) is 1. The molecule has 1 heterocycles. The van der Waals surface area contributed by atoms with Crippen molar-refractivity contribution in [3.63, 3.8) is 0 Å². The molecule has 0 aliphatic heterocycles. The van der Waals surface area contributed by atoms with E-state index in [1.54, 1.807) is 13.3 Å². The molecule has 1 atom stereocenters. The summed E-state index contributed by atoms with van der Waals surface area (Å²) >= 11 is 0. The molecule has 0 bridgehead atoms. The lowest BCUT2D eigenvalue weighted by Crippen LogP contribution is -2.54. The molecule has 2 N–H and O–H groups in total. The highest BCUT2D eigenvalue weighted by atomic mass is 16.5. The molecular formula is C16H30N4O. The molecule has 1 saturated carbocycles. The van der Waals surface area contributed by atoms with Crippen LogP contribution in [0.25, 0.3) is 0 Å². The SMILES string of the molecule is CCCn1ncc(OC)c1C(N)C1(N(C)C)CCCCC1. The van der Waals surface area contributed by atoms with E-state index in [-0.39, 0.29) is 11.6 Å². The van der Waals surface area contributed by atoms with Gasteiger partial charge in [-0.05, 0) is 33.4 Å². The minimum Gasteiger partial charge on any atom is -0.493 e. The Morgan fingerprint density at radius 1 is 1.38 bits per heavy atom. The highest BCUT2D eigenvalue weighted by Gasteiger charge is 2.43. The molecule has 21 heavy (non-hydrogen) atoms. The van der Waals surface area contributed by atoms with Crippen LogP contribution in [0, 0.1) is 0 Å². The van der Waals surface area contributed by atoms with E-state index in [0.29, 0.717) is 0 Å². The third-order valence-corrected chi connectivity index (χ3v) is 4.98. The number of aryl methyl sites for hydroxylation is 1. The Labute approximate surface area is 128 Å². The van der Waals surface area contributed by atoms with Crippen molar-refractivity contribution < 1.29 is 4.74 Å². The number of ether oxygens (including phenoxy) is 1. The molecule has 0 aromatic carbocycles. The van der Waals surface area contributed by atoms with Gasteiger partial charge in [-0.2, -0.15) is 5.10 Å². The second-order valence-electron chi connectivity index (χ2n) is 6.36. The van der Waals surface area contributed by atoms with Crippen LogP contribution in [0.3, 0.4) is 0 Å². The lowest BCUT2D eigenvalue weighted by Gasteiger charge is -2.47. The van der Waals surface area contributed by atoms with Crippen molar-refractivity contribution in [3.05, 3.63) is 11.9 Å². The molecule has 5 nitrogen and oxygen atoms in total. The van der Waals surface area contributed by atoms with Gasteiger partial charge in [0.2, 0.25) is 0 Å². The Kier molecular flexibility index (Phi) is 5.27. The molecule has 0 amide bonds. The zero-order valence-electron chi connectivity index (χ0n) is 13.9. The quantitative estimate of drug-likeness (QED) is 0.876. The first-order chi connectivity index (χ1) is 10.1. The Morgan fingerprint density at radius 2 is 2.05 bits per heavy atom. The van der Waals surface area contributed by atoms with Gasteiger partial charge >= 0.3 is 0 Å². The van der Waals surface area contributed by atoms with E-state index in [1.165, 1.54) is 19.3 Å². The van der Waals surface area contributed by atoms with Crippen LogP contribution in [-0.2, 0) is 6.54 Å². The number of hydrogen-bond donors (Lipinski definition) is 1. The highest BCUT2D eigenvalue weighted by Crippen LogP contribution is 2.42. The number of hydrogen-bond acceptors (Lipinski definition) is 4. The summed E-state index contributed by atoms with van der Waals surface area (Å²) in [7, 11) is 6.00. The van der Waals surface area contributed by atoms with E-state index >= 15 is 0 Å². The predicted octanol–water partition coefficient (Wildman–Crippen LogP) is 2.57. The van der Waals surface area contributed by atoms with Gasteiger partial charge in [-0.3, -0.25) is 4.68 Å². The largest absolute Gasteiger partial charge is 0.493 e. The fourth-order valence-electron chi connectivity index (χ4n) is 3.69. The maximum atomic E-state index is 6.78. The van der Waals surface area contributed by atoms with Gasteiger partial charge in [0.25, 0.3) is 0 Å². The molecule has 0 saturated heterocycles. The topological polar surface area (TPSA) is 56.3 Å². The second kappa shape index (κ2) is 6.79. The number of nitrogens with two attached hydrogens (primary N) is 1. The molecule has 2 rings (SSSR count). The minimum absolute atomic E-state index is 0.0110. The van der Waals surface area contributed by atoms with Crippen LogP contribution >= 0.6 is 0 Å². The first-order valence-electron chi connectivity index (χ1n) is 8.09. The maximum Gasteiger partial charge on any atom is 0.161 e. The van der Waals surface area contributed by atoms with Crippen LogP contribution in [0.4, 0.5) is 0 Å². The Morgan fingerprint density at radius 3 is 2.57 bits per heavy atom. The molecule has 1 aromatic heterocycles. The summed E-state index contributed by atoms with van der Waals surface area (Å²) < 4.78 is 7.56. The monoisotopic (exact) mass is 294 g/mol. The zero-order chi connectivity index (χ0) is 15.5. The van der Waals surface area contributed by atoms with Crippen molar-refractivity contribution in [1.29, 1.82) is 0 Å². The average Bonchev–Trinajstić information content (AvgIpc) is 2.90. The van der Waals surface area contributed by atoms with Crippen LogP contribution in [-0.4, -0.2) is 41.4 Å². The molecule has 1 aliphatic carbocycles. The van der Waals surface area contributed by atoms with Crippen molar-refractivity contribution in [3.8, 4) is 5.75 Å². The van der Waals surface area contributed by atoms with Crippen molar-refractivity contribution in [2.75, 3.05) is 21.2 Å². The van der Waals surface area contributed by atoms with E-state index < -0.39 is 0 Å². The summed E-state index contributed by atoms with van der Waals surface area (Å²) in [5.74, 6) is 0.822. The average molecular weight is 294 g/mol. The summed E-state index contributed by atoms with van der Waals surface area (Å²) in [4.78, 5) is 2.32. The van der Waals surface area contributed by atoms with E-state index in [2.05, 4.69) is 31.0 Å². The standard InChI is InChI=1S/C16H30N4O/c1-5-11-20-14(13(21-4)12-18-20)15(17)16(19(2)3)9-7-6-8-10-16/h12,15H,5-11,17H2,1-4H3. The first-order valence-corrected chi connectivity index (χ1v) is 8.09. The molecule has 5 heteroatoms. The molecule has 0 spiro atoms. The van der Waals surface area contributed by atoms with Gasteiger partial charge in [-0.25, -0.2) is 0 Å². The van der Waals surface area contributed by atoms with Gasteiger partial charge in [0.1, 0.15) is 0 Å². The van der Waals surface area contributed by atoms with Crippen molar-refractivity contribution in [1.82, 2.24) is 14.7 Å². The zero-order valence-corrected chi connectivity index (χ0v) is 13.9. The molecule has 1 fully saturated rings. The maximum absolute atomic E-state index is 6.78. The fraction of sp³-hybridized carbons (Fsp3) is 0.812. The van der Waals surface area contributed by atoms with Gasteiger partial charge in [-0.1, -0.05) is 26.2 Å². The summed E-state index contributed by atoms with van der Waals surface area (Å²) in [5, 5.41) is 4.48. The van der Waals surface area contributed by atoms with Crippen LogP contribution in [0.1, 0.15) is 57.2 Å². The number of rotatable bonds is 6. The third-order valence-electron chi connectivity index (χ3n) is 4.98. The normalized spacial score (nSPS) is 19.7. The number of nitrogens with zero attached hydrogens (tertiary/aromatic N) is 3. The molecule has 0 radical (unpaired) electrons. The lowest BCUT2D eigenvalue weighted by atomic mass is 9.74. The minimum atomic E-state index is -0.0724. The van der Waals surface area contributed by atoms with Crippen LogP contribution in [0.5, 0.6) is 5.75 Å². The summed E-state index contributed by atoms with van der Waals surface area (Å²) in [6.45, 7) is 3.04. The van der Waals surface area contributed by atoms with Crippen LogP contribution in [0.2, 0.25) is 0 Å². The van der Waals surface area contributed by atoms with Gasteiger partial charge in [0.15, 0.2) is 5.75 Å². The number of methoxy groups -OCH3 is 1. The predicted molar refractivity (Wildman–Crippen MR) is 85.5 cm³/mol. The van der Waals surface area contributed by atoms with E-state index in [0.717, 1.165) is 37.3 Å². The molecular weight excluding hydrogens is 264 g/mol.